The molecule has 1 saturated heterocycles. The molecule has 1 aromatic carbocycles. The molecule has 1 amide bonds. The van der Waals surface area contributed by atoms with Crippen molar-refractivity contribution in [3.63, 3.8) is 0 Å². The molecule has 0 radical (unpaired) electrons. The van der Waals surface area contributed by atoms with Gasteiger partial charge in [-0.25, -0.2) is 4.52 Å². The summed E-state index contributed by atoms with van der Waals surface area (Å²) in [5.41, 5.74) is 4.41. The third-order valence-corrected chi connectivity index (χ3v) is 7.91. The van der Waals surface area contributed by atoms with Crippen molar-refractivity contribution in [1.29, 1.82) is 0 Å². The van der Waals surface area contributed by atoms with Crippen molar-refractivity contribution in [3.05, 3.63) is 53.7 Å². The van der Waals surface area contributed by atoms with Gasteiger partial charge >= 0.3 is 0 Å². The number of rotatable bonds is 13. The third-order valence-electron chi connectivity index (χ3n) is 7.91. The fourth-order valence-electron chi connectivity index (χ4n) is 5.35. The van der Waals surface area contributed by atoms with Crippen LogP contribution in [0.15, 0.2) is 42.6 Å². The SMILES string of the molecule is COc1ccc(-c2nn3ccc(C(=O)N(CCC(C)C)CCC(C)C)cc3c2C=CCN2CCCCC2)cc1OC. The number of fused-ring (bicyclic) bond motifs is 1. The largest absolute Gasteiger partial charge is 0.493 e. The topological polar surface area (TPSA) is 59.3 Å². The van der Waals surface area contributed by atoms with Crippen molar-refractivity contribution >= 4 is 17.5 Å². The molecule has 0 spiro atoms. The number of carbonyl (C=O) groups is 1. The van der Waals surface area contributed by atoms with Gasteiger partial charge in [-0.3, -0.25) is 9.69 Å². The van der Waals surface area contributed by atoms with E-state index in [0.717, 1.165) is 67.9 Å². The molecule has 1 aliphatic rings. The van der Waals surface area contributed by atoms with Gasteiger partial charge in [-0.15, -0.1) is 0 Å². The molecule has 7 nitrogen and oxygen atoms in total. The number of carbonyl (C=O) groups excluding carboxylic acids is 1. The Morgan fingerprint density at radius 2 is 1.63 bits per heavy atom. The van der Waals surface area contributed by atoms with E-state index >= 15 is 0 Å². The quantitative estimate of drug-likeness (QED) is 0.224. The summed E-state index contributed by atoms with van der Waals surface area (Å²) in [6.45, 7) is 13.6. The zero-order valence-electron chi connectivity index (χ0n) is 25.9. The summed E-state index contributed by atoms with van der Waals surface area (Å²) in [6.07, 6.45) is 12.1. The minimum Gasteiger partial charge on any atom is -0.493 e. The van der Waals surface area contributed by atoms with Crippen LogP contribution < -0.4 is 9.47 Å². The lowest BCUT2D eigenvalue weighted by Crippen LogP contribution is -2.34. The van der Waals surface area contributed by atoms with Crippen LogP contribution >= 0.6 is 0 Å². The molecule has 0 atom stereocenters. The van der Waals surface area contributed by atoms with E-state index in [0.29, 0.717) is 28.9 Å². The first-order valence-electron chi connectivity index (χ1n) is 15.2. The lowest BCUT2D eigenvalue weighted by atomic mass is 10.0. The van der Waals surface area contributed by atoms with Crippen molar-refractivity contribution in [3.8, 4) is 22.8 Å². The lowest BCUT2D eigenvalue weighted by molar-refractivity contribution is 0.0741. The fraction of sp³-hybridized carbons (Fsp3) is 0.529. The number of hydrogen-bond donors (Lipinski definition) is 0. The number of methoxy groups -OCH3 is 2. The summed E-state index contributed by atoms with van der Waals surface area (Å²) in [5.74, 6) is 2.51. The molecule has 3 aromatic rings. The van der Waals surface area contributed by atoms with Crippen molar-refractivity contribution in [2.75, 3.05) is 46.9 Å². The molecule has 0 unspecified atom stereocenters. The molecule has 2 aromatic heterocycles. The highest BCUT2D eigenvalue weighted by atomic mass is 16.5. The highest BCUT2D eigenvalue weighted by molar-refractivity contribution is 5.96. The van der Waals surface area contributed by atoms with Crippen LogP contribution in [0.5, 0.6) is 11.5 Å². The maximum Gasteiger partial charge on any atom is 0.253 e. The Morgan fingerprint density at radius 3 is 2.27 bits per heavy atom. The van der Waals surface area contributed by atoms with Gasteiger partial charge in [0.2, 0.25) is 0 Å². The maximum absolute atomic E-state index is 13.8. The lowest BCUT2D eigenvalue weighted by Gasteiger charge is -2.25. The van der Waals surface area contributed by atoms with Gasteiger partial charge in [0.05, 0.1) is 19.7 Å². The van der Waals surface area contributed by atoms with E-state index in [1.807, 2.05) is 45.9 Å². The average molecular weight is 561 g/mol. The first-order chi connectivity index (χ1) is 19.8. The standard InChI is InChI=1S/C34H48N4O3/c1-25(2)14-20-37(21-15-26(3)4)34(39)28-16-22-38-30(23-28)29(11-10-19-36-17-8-7-9-18-36)33(35-38)27-12-13-31(40-5)32(24-27)41-6/h10-13,16,22-26H,7-9,14-15,17-21H2,1-6H3. The number of pyridine rings is 1. The number of likely N-dealkylation sites (tertiary alicyclic amines) is 1. The number of hydrogen-bond acceptors (Lipinski definition) is 5. The van der Waals surface area contributed by atoms with E-state index in [4.69, 9.17) is 14.6 Å². The first kappa shape index (κ1) is 30.6. The van der Waals surface area contributed by atoms with E-state index in [1.54, 1.807) is 14.2 Å². The first-order valence-corrected chi connectivity index (χ1v) is 15.2. The zero-order valence-corrected chi connectivity index (χ0v) is 25.9. The number of nitrogens with zero attached hydrogens (tertiary/aromatic N) is 4. The fourth-order valence-corrected chi connectivity index (χ4v) is 5.35. The average Bonchev–Trinajstić information content (AvgIpc) is 3.34. The van der Waals surface area contributed by atoms with Crippen LogP contribution in [0.4, 0.5) is 0 Å². The molecule has 41 heavy (non-hydrogen) atoms. The Bertz CT molecular complexity index is 1310. The Kier molecular flexibility index (Phi) is 10.9. The van der Waals surface area contributed by atoms with Gasteiger partial charge < -0.3 is 14.4 Å². The Morgan fingerprint density at radius 1 is 0.951 bits per heavy atom. The Hall–Kier alpha value is -3.32. The second kappa shape index (κ2) is 14.5. The van der Waals surface area contributed by atoms with Crippen LogP contribution in [0.3, 0.4) is 0 Å². The molecule has 0 N–H and O–H groups in total. The van der Waals surface area contributed by atoms with Crippen LogP contribution in [0.2, 0.25) is 0 Å². The summed E-state index contributed by atoms with van der Waals surface area (Å²) in [5, 5.41) is 4.97. The van der Waals surface area contributed by atoms with Crippen molar-refractivity contribution in [2.24, 2.45) is 11.8 Å². The number of ether oxygens (including phenoxy) is 2. The Balaban J connectivity index is 1.73. The number of benzene rings is 1. The predicted molar refractivity (Wildman–Crippen MR) is 168 cm³/mol. The highest BCUT2D eigenvalue weighted by Gasteiger charge is 2.20. The van der Waals surface area contributed by atoms with Crippen molar-refractivity contribution in [2.45, 2.75) is 59.8 Å². The summed E-state index contributed by atoms with van der Waals surface area (Å²) in [4.78, 5) is 18.3. The van der Waals surface area contributed by atoms with Gasteiger partial charge in [-0.05, 0) is 80.9 Å². The highest BCUT2D eigenvalue weighted by Crippen LogP contribution is 2.35. The maximum atomic E-state index is 13.8. The van der Waals surface area contributed by atoms with Crippen LogP contribution in [0.25, 0.3) is 22.9 Å². The molecule has 1 fully saturated rings. The summed E-state index contributed by atoms with van der Waals surface area (Å²) >= 11 is 0. The molecule has 1 aliphatic heterocycles. The van der Waals surface area contributed by atoms with Crippen molar-refractivity contribution in [1.82, 2.24) is 19.4 Å². The van der Waals surface area contributed by atoms with Gasteiger partial charge in [0, 0.05) is 42.5 Å². The third kappa shape index (κ3) is 7.91. The number of amides is 1. The van der Waals surface area contributed by atoms with Gasteiger partial charge in [0.1, 0.15) is 5.69 Å². The van der Waals surface area contributed by atoms with E-state index in [-0.39, 0.29) is 5.91 Å². The van der Waals surface area contributed by atoms with Crippen LogP contribution in [0, 0.1) is 11.8 Å². The van der Waals surface area contributed by atoms with Gasteiger partial charge in [0.25, 0.3) is 5.91 Å². The summed E-state index contributed by atoms with van der Waals surface area (Å²) in [7, 11) is 3.29. The summed E-state index contributed by atoms with van der Waals surface area (Å²) < 4.78 is 12.9. The van der Waals surface area contributed by atoms with Crippen LogP contribution in [-0.4, -0.2) is 72.3 Å². The molecule has 222 valence electrons. The number of piperidine rings is 1. The second-order valence-electron chi connectivity index (χ2n) is 12.0. The van der Waals surface area contributed by atoms with E-state index in [1.165, 1.54) is 19.3 Å². The molecule has 0 aliphatic carbocycles. The molecular weight excluding hydrogens is 512 g/mol. The normalized spacial score (nSPS) is 14.4. The molecule has 7 heteroatoms. The molecule has 0 saturated carbocycles. The van der Waals surface area contributed by atoms with Gasteiger partial charge in [-0.2, -0.15) is 5.10 Å². The van der Waals surface area contributed by atoms with E-state index < -0.39 is 0 Å². The molecule has 4 rings (SSSR count). The number of aromatic nitrogens is 2. The van der Waals surface area contributed by atoms with Crippen LogP contribution in [-0.2, 0) is 0 Å². The second-order valence-corrected chi connectivity index (χ2v) is 12.0. The van der Waals surface area contributed by atoms with Gasteiger partial charge in [0.15, 0.2) is 11.5 Å². The zero-order chi connectivity index (χ0) is 29.4. The molecule has 3 heterocycles. The predicted octanol–water partition coefficient (Wildman–Crippen LogP) is 7.05. The summed E-state index contributed by atoms with van der Waals surface area (Å²) in [6, 6.07) is 9.80. The smallest absolute Gasteiger partial charge is 0.253 e. The minimum atomic E-state index is 0.0888. The van der Waals surface area contributed by atoms with E-state index in [9.17, 15) is 4.79 Å². The van der Waals surface area contributed by atoms with Crippen LogP contribution in [0.1, 0.15) is 75.7 Å². The molecular formula is C34H48N4O3. The molecule has 0 bridgehead atoms. The van der Waals surface area contributed by atoms with Crippen molar-refractivity contribution < 1.29 is 14.3 Å². The van der Waals surface area contributed by atoms with E-state index in [2.05, 4.69) is 44.7 Å². The van der Waals surface area contributed by atoms with Gasteiger partial charge in [-0.1, -0.05) is 46.3 Å². The monoisotopic (exact) mass is 560 g/mol. The Labute approximate surface area is 246 Å². The minimum absolute atomic E-state index is 0.0888.